The van der Waals surface area contributed by atoms with Crippen LogP contribution in [0.3, 0.4) is 0 Å². The number of rotatable bonds is 3. The fraction of sp³-hybridized carbons (Fsp3) is 0.526. The molecule has 2 fully saturated rings. The molecule has 0 atom stereocenters. The highest BCUT2D eigenvalue weighted by molar-refractivity contribution is 9.10. The van der Waals surface area contributed by atoms with E-state index in [2.05, 4.69) is 31.9 Å². The summed E-state index contributed by atoms with van der Waals surface area (Å²) in [5, 5.41) is 4.28. The normalized spacial score (nSPS) is 20.8. The summed E-state index contributed by atoms with van der Waals surface area (Å²) in [6, 6.07) is 6.10. The molecule has 128 valence electrons. The van der Waals surface area contributed by atoms with Gasteiger partial charge in [-0.15, -0.1) is 0 Å². The Morgan fingerprint density at radius 3 is 2.71 bits per heavy atom. The molecule has 2 aliphatic rings. The first kappa shape index (κ1) is 16.2. The smallest absolute Gasteiger partial charge is 0.235 e. The number of hydrogen-bond acceptors (Lipinski definition) is 2. The summed E-state index contributed by atoms with van der Waals surface area (Å²) >= 11 is 3.62. The second-order valence-corrected chi connectivity index (χ2v) is 8.08. The number of benzene rings is 1. The summed E-state index contributed by atoms with van der Waals surface area (Å²) in [5.41, 5.74) is 1.66. The van der Waals surface area contributed by atoms with Crippen LogP contribution >= 0.6 is 15.9 Å². The lowest BCUT2D eigenvalue weighted by molar-refractivity contribution is -0.172. The van der Waals surface area contributed by atoms with E-state index in [0.29, 0.717) is 19.1 Å². The van der Waals surface area contributed by atoms with Gasteiger partial charge in [-0.25, -0.2) is 0 Å². The average Bonchev–Trinajstić information content (AvgIpc) is 2.85. The number of aromatic nitrogens is 1. The van der Waals surface area contributed by atoms with Gasteiger partial charge in [-0.1, -0.05) is 41.3 Å². The molecule has 1 aliphatic carbocycles. The molecule has 0 spiro atoms. The fourth-order valence-corrected chi connectivity index (χ4v) is 4.84. The lowest BCUT2D eigenvalue weighted by atomic mass is 9.66. The minimum absolute atomic E-state index is 0.129. The third-order valence-corrected chi connectivity index (χ3v) is 6.43. The molecule has 5 heteroatoms. The van der Waals surface area contributed by atoms with Gasteiger partial charge in [0.25, 0.3) is 0 Å². The molecule has 0 unspecified atom stereocenters. The molecule has 1 saturated carbocycles. The summed E-state index contributed by atoms with van der Waals surface area (Å²) in [6.45, 7) is 1.13. The summed E-state index contributed by atoms with van der Waals surface area (Å²) in [6.07, 6.45) is 8.07. The maximum Gasteiger partial charge on any atom is 0.235 e. The Morgan fingerprint density at radius 2 is 2.04 bits per heavy atom. The van der Waals surface area contributed by atoms with Crippen LogP contribution < -0.4 is 5.32 Å². The highest BCUT2D eigenvalue weighted by Gasteiger charge is 2.51. The van der Waals surface area contributed by atoms with Crippen molar-refractivity contribution in [2.75, 3.05) is 18.5 Å². The third kappa shape index (κ3) is 2.49. The zero-order valence-electron chi connectivity index (χ0n) is 14.0. The highest BCUT2D eigenvalue weighted by Crippen LogP contribution is 2.45. The summed E-state index contributed by atoms with van der Waals surface area (Å²) in [7, 11) is 2.01. The van der Waals surface area contributed by atoms with Crippen molar-refractivity contribution in [3.63, 3.8) is 0 Å². The van der Waals surface area contributed by atoms with Crippen molar-refractivity contribution in [2.45, 2.75) is 32.1 Å². The van der Waals surface area contributed by atoms with Crippen LogP contribution in [0, 0.1) is 11.3 Å². The van der Waals surface area contributed by atoms with Crippen LogP contribution in [0.1, 0.15) is 32.1 Å². The topological polar surface area (TPSA) is 43.3 Å². The number of hydrogen-bond donors (Lipinski definition) is 1. The first-order valence-corrected chi connectivity index (χ1v) is 9.54. The predicted octanol–water partition coefficient (Wildman–Crippen LogP) is 4.48. The van der Waals surface area contributed by atoms with Gasteiger partial charge in [0.15, 0.2) is 0 Å². The Labute approximate surface area is 150 Å². The number of ether oxygens (including phenoxy) is 1. The van der Waals surface area contributed by atoms with Crippen molar-refractivity contribution in [1.29, 1.82) is 0 Å². The van der Waals surface area contributed by atoms with Crippen molar-refractivity contribution in [2.24, 2.45) is 18.4 Å². The average molecular weight is 391 g/mol. The number of amides is 1. The van der Waals surface area contributed by atoms with Crippen molar-refractivity contribution >= 4 is 38.4 Å². The molecular weight excluding hydrogens is 368 g/mol. The van der Waals surface area contributed by atoms with Gasteiger partial charge < -0.3 is 14.6 Å². The molecule has 2 aromatic rings. The maximum atomic E-state index is 13.2. The second-order valence-electron chi connectivity index (χ2n) is 7.23. The molecule has 2 heterocycles. The van der Waals surface area contributed by atoms with E-state index < -0.39 is 0 Å². The molecular formula is C19H23BrN2O2. The van der Waals surface area contributed by atoms with Gasteiger partial charge in [-0.2, -0.15) is 0 Å². The molecule has 24 heavy (non-hydrogen) atoms. The van der Waals surface area contributed by atoms with Crippen LogP contribution in [-0.4, -0.2) is 23.7 Å². The number of carbonyl (C=O) groups excluding carboxylic acids is 1. The van der Waals surface area contributed by atoms with Crippen LogP contribution in [0.5, 0.6) is 0 Å². The standard InChI is InChI=1S/C19H23BrN2O2/c1-22-10-15(17-14(20)8-5-9-16(17)22)21-18(23)19(11-24-12-19)13-6-3-2-4-7-13/h5,8-10,13H,2-4,6-7,11-12H2,1H3,(H,21,23). The number of nitrogens with zero attached hydrogens (tertiary/aromatic N) is 1. The number of aryl methyl sites for hydroxylation is 1. The lowest BCUT2D eigenvalue weighted by Crippen LogP contribution is -2.56. The van der Waals surface area contributed by atoms with Gasteiger partial charge in [0.05, 0.1) is 29.8 Å². The molecule has 1 aromatic heterocycles. The van der Waals surface area contributed by atoms with Crippen molar-refractivity contribution in [3.8, 4) is 0 Å². The Morgan fingerprint density at radius 1 is 1.29 bits per heavy atom. The van der Waals surface area contributed by atoms with Gasteiger partial charge in [0, 0.05) is 23.1 Å². The van der Waals surface area contributed by atoms with E-state index >= 15 is 0 Å². The Balaban J connectivity index is 1.64. The minimum Gasteiger partial charge on any atom is -0.379 e. The monoisotopic (exact) mass is 390 g/mol. The van der Waals surface area contributed by atoms with Crippen LogP contribution in [-0.2, 0) is 16.6 Å². The predicted molar refractivity (Wildman–Crippen MR) is 99.1 cm³/mol. The van der Waals surface area contributed by atoms with E-state index in [1.165, 1.54) is 19.3 Å². The maximum absolute atomic E-state index is 13.2. The van der Waals surface area contributed by atoms with E-state index in [-0.39, 0.29) is 11.3 Å². The molecule has 0 radical (unpaired) electrons. The van der Waals surface area contributed by atoms with Gasteiger partial charge in [0.1, 0.15) is 0 Å². The van der Waals surface area contributed by atoms with E-state index in [1.807, 2.05) is 25.4 Å². The number of fused-ring (bicyclic) bond motifs is 1. The van der Waals surface area contributed by atoms with Crippen molar-refractivity contribution in [1.82, 2.24) is 4.57 Å². The van der Waals surface area contributed by atoms with Crippen LogP contribution in [0.2, 0.25) is 0 Å². The van der Waals surface area contributed by atoms with Crippen molar-refractivity contribution in [3.05, 3.63) is 28.9 Å². The first-order chi connectivity index (χ1) is 11.6. The van der Waals surface area contributed by atoms with Gasteiger partial charge in [0.2, 0.25) is 5.91 Å². The lowest BCUT2D eigenvalue weighted by Gasteiger charge is -2.47. The van der Waals surface area contributed by atoms with E-state index in [1.54, 1.807) is 0 Å². The van der Waals surface area contributed by atoms with E-state index in [4.69, 9.17) is 4.74 Å². The number of anilines is 1. The zero-order valence-corrected chi connectivity index (χ0v) is 15.6. The molecule has 0 bridgehead atoms. The Kier molecular flexibility index (Phi) is 4.17. The largest absolute Gasteiger partial charge is 0.379 e. The fourth-order valence-electron chi connectivity index (χ4n) is 4.27. The summed E-state index contributed by atoms with van der Waals surface area (Å²) < 4.78 is 8.55. The van der Waals surface area contributed by atoms with Crippen molar-refractivity contribution < 1.29 is 9.53 Å². The SMILES string of the molecule is Cn1cc(NC(=O)C2(C3CCCCC3)COC2)c2c(Br)cccc21. The molecule has 1 amide bonds. The quantitative estimate of drug-likeness (QED) is 0.839. The van der Waals surface area contributed by atoms with Crippen LogP contribution in [0.15, 0.2) is 28.9 Å². The molecule has 1 aliphatic heterocycles. The van der Waals surface area contributed by atoms with E-state index in [0.717, 1.165) is 33.9 Å². The second kappa shape index (κ2) is 6.19. The van der Waals surface area contributed by atoms with Crippen LogP contribution in [0.4, 0.5) is 5.69 Å². The van der Waals surface area contributed by atoms with Gasteiger partial charge >= 0.3 is 0 Å². The molecule has 4 rings (SSSR count). The first-order valence-electron chi connectivity index (χ1n) is 8.74. The number of nitrogens with one attached hydrogen (secondary N) is 1. The Hall–Kier alpha value is -1.33. The zero-order chi connectivity index (χ0) is 16.7. The molecule has 1 N–H and O–H groups in total. The molecule has 1 aromatic carbocycles. The molecule has 1 saturated heterocycles. The number of halogens is 1. The Bertz CT molecular complexity index is 773. The third-order valence-electron chi connectivity index (χ3n) is 5.77. The van der Waals surface area contributed by atoms with Gasteiger partial charge in [-0.3, -0.25) is 4.79 Å². The summed E-state index contributed by atoms with van der Waals surface area (Å²) in [4.78, 5) is 13.2. The molecule has 4 nitrogen and oxygen atoms in total. The van der Waals surface area contributed by atoms with Gasteiger partial charge in [-0.05, 0) is 30.9 Å². The highest BCUT2D eigenvalue weighted by atomic mass is 79.9. The van der Waals surface area contributed by atoms with Crippen LogP contribution in [0.25, 0.3) is 10.9 Å². The summed E-state index contributed by atoms with van der Waals surface area (Å²) in [5.74, 6) is 0.585. The minimum atomic E-state index is -0.330. The van der Waals surface area contributed by atoms with E-state index in [9.17, 15) is 4.79 Å². The number of carbonyl (C=O) groups is 1.